The van der Waals surface area contributed by atoms with Gasteiger partial charge >= 0.3 is 5.97 Å². The van der Waals surface area contributed by atoms with Crippen LogP contribution in [0.5, 0.6) is 0 Å². The van der Waals surface area contributed by atoms with Crippen molar-refractivity contribution in [3.8, 4) is 0 Å². The van der Waals surface area contributed by atoms with Crippen LogP contribution in [0.4, 0.5) is 0 Å². The molecule has 286 valence electrons. The molecule has 1 aliphatic heterocycles. The summed E-state index contributed by atoms with van der Waals surface area (Å²) >= 11 is 0. The number of carbonyl (C=O) groups is 6. The highest BCUT2D eigenvalue weighted by molar-refractivity contribution is 5.96. The first-order chi connectivity index (χ1) is 26.6. The molecule has 4 atom stereocenters. The molecular formula is C42H46N6O7. The lowest BCUT2D eigenvalue weighted by atomic mass is 9.77. The molecule has 0 saturated carbocycles. The van der Waals surface area contributed by atoms with Crippen molar-refractivity contribution < 1.29 is 33.9 Å². The molecule has 4 aromatic carbocycles. The Morgan fingerprint density at radius 1 is 0.691 bits per heavy atom. The lowest BCUT2D eigenvalue weighted by Gasteiger charge is -2.37. The molecule has 13 heteroatoms. The highest BCUT2D eigenvalue weighted by Gasteiger charge is 2.39. The van der Waals surface area contributed by atoms with Crippen LogP contribution < -0.4 is 31.9 Å². The van der Waals surface area contributed by atoms with Crippen LogP contribution in [0.3, 0.4) is 0 Å². The molecule has 0 radical (unpaired) electrons. The van der Waals surface area contributed by atoms with E-state index in [1.54, 1.807) is 0 Å². The average molecular weight is 747 g/mol. The Morgan fingerprint density at radius 2 is 1.22 bits per heavy atom. The second-order valence-corrected chi connectivity index (χ2v) is 13.4. The Morgan fingerprint density at radius 3 is 1.71 bits per heavy atom. The maximum atomic E-state index is 14.2. The normalized spacial score (nSPS) is 15.4. The van der Waals surface area contributed by atoms with Gasteiger partial charge in [0.1, 0.15) is 23.7 Å². The molecule has 55 heavy (non-hydrogen) atoms. The van der Waals surface area contributed by atoms with Gasteiger partial charge in [-0.1, -0.05) is 121 Å². The average Bonchev–Trinajstić information content (AvgIpc) is 3.76. The smallest absolute Gasteiger partial charge is 0.325 e. The van der Waals surface area contributed by atoms with Crippen molar-refractivity contribution in [2.45, 2.75) is 62.3 Å². The minimum atomic E-state index is -1.53. The molecule has 0 spiro atoms. The first kappa shape index (κ1) is 39.9. The second kappa shape index (κ2) is 19.1. The molecule has 0 aliphatic carbocycles. The van der Waals surface area contributed by atoms with Gasteiger partial charge in [-0.25, -0.2) is 0 Å². The Bertz CT molecular complexity index is 1830. The summed E-state index contributed by atoms with van der Waals surface area (Å²) in [7, 11) is 0. The first-order valence-corrected chi connectivity index (χ1v) is 18.2. The zero-order chi connectivity index (χ0) is 39.2. The quantitative estimate of drug-likeness (QED) is 0.0799. The predicted octanol–water partition coefficient (Wildman–Crippen LogP) is 2.15. The fourth-order valence-corrected chi connectivity index (χ4v) is 6.59. The number of nitrogens with one attached hydrogen (secondary N) is 6. The number of benzene rings is 4. The number of aliphatic carboxylic acids is 1. The van der Waals surface area contributed by atoms with Gasteiger partial charge < -0.3 is 37.0 Å². The molecule has 1 heterocycles. The van der Waals surface area contributed by atoms with Crippen LogP contribution in [0.25, 0.3) is 0 Å². The maximum Gasteiger partial charge on any atom is 0.325 e. The van der Waals surface area contributed by atoms with Crippen molar-refractivity contribution >= 4 is 35.5 Å². The van der Waals surface area contributed by atoms with Gasteiger partial charge in [0.25, 0.3) is 0 Å². The molecule has 0 bridgehead atoms. The van der Waals surface area contributed by atoms with Gasteiger partial charge in [0, 0.05) is 6.42 Å². The van der Waals surface area contributed by atoms with E-state index >= 15 is 0 Å². The Hall–Kier alpha value is -6.34. The number of carboxylic acids is 1. The van der Waals surface area contributed by atoms with E-state index in [9.17, 15) is 33.9 Å². The van der Waals surface area contributed by atoms with Crippen LogP contribution >= 0.6 is 0 Å². The van der Waals surface area contributed by atoms with Gasteiger partial charge in [-0.2, -0.15) is 0 Å². The summed E-state index contributed by atoms with van der Waals surface area (Å²) in [6.07, 6.45) is 1.05. The number of carboxylic acid groups (broad SMARTS) is 1. The fraction of sp³-hybridized carbons (Fsp3) is 0.286. The summed E-state index contributed by atoms with van der Waals surface area (Å²) in [6.45, 7) is 1.36. The van der Waals surface area contributed by atoms with E-state index in [4.69, 9.17) is 0 Å². The fourth-order valence-electron chi connectivity index (χ4n) is 6.59. The molecule has 7 N–H and O–H groups in total. The van der Waals surface area contributed by atoms with E-state index in [2.05, 4.69) is 31.9 Å². The van der Waals surface area contributed by atoms with Gasteiger partial charge in [-0.3, -0.25) is 28.8 Å². The standard InChI is InChI=1S/C42H46N6O7/c1-28(41(54)55)45-40(53)35(46-37(50)27-44-38(51)34(25-29-15-6-2-7-16-29)47-39(52)33-23-14-24-43-33)26-36(49)48-42(30-17-8-3-9-18-30,31-19-10-4-11-20-31)32-21-12-5-13-22-32/h2-13,15-22,28,33-35,43H,14,23-27H2,1H3,(H,44,51)(H,45,53)(H,46,50)(H,47,52)(H,48,49)(H,54,55)/t28-,33-,34-,35-/m0/s1. The third-order valence-electron chi connectivity index (χ3n) is 9.43. The summed E-state index contributed by atoms with van der Waals surface area (Å²) in [6, 6.07) is 32.7. The molecule has 0 unspecified atom stereocenters. The van der Waals surface area contributed by atoms with Crippen LogP contribution in [-0.4, -0.2) is 77.9 Å². The molecule has 1 saturated heterocycles. The molecule has 1 fully saturated rings. The number of hydrogen-bond donors (Lipinski definition) is 7. The van der Waals surface area contributed by atoms with Gasteiger partial charge in [0.15, 0.2) is 0 Å². The molecule has 4 aromatic rings. The minimum absolute atomic E-state index is 0.164. The van der Waals surface area contributed by atoms with E-state index in [-0.39, 0.29) is 12.3 Å². The summed E-state index contributed by atoms with van der Waals surface area (Å²) in [5.74, 6) is -4.62. The summed E-state index contributed by atoms with van der Waals surface area (Å²) in [4.78, 5) is 79.1. The van der Waals surface area contributed by atoms with Crippen LogP contribution in [0.1, 0.15) is 48.4 Å². The third-order valence-corrected chi connectivity index (χ3v) is 9.43. The highest BCUT2D eigenvalue weighted by Crippen LogP contribution is 2.37. The topological polar surface area (TPSA) is 195 Å². The van der Waals surface area contributed by atoms with Crippen molar-refractivity contribution in [1.82, 2.24) is 31.9 Å². The van der Waals surface area contributed by atoms with E-state index in [1.807, 2.05) is 121 Å². The number of carbonyl (C=O) groups excluding carboxylic acids is 5. The van der Waals surface area contributed by atoms with Crippen LogP contribution in [0.15, 0.2) is 121 Å². The summed E-state index contributed by atoms with van der Waals surface area (Å²) in [5.41, 5.74) is 1.76. The van der Waals surface area contributed by atoms with Gasteiger partial charge in [0.2, 0.25) is 29.5 Å². The largest absolute Gasteiger partial charge is 0.480 e. The summed E-state index contributed by atoms with van der Waals surface area (Å²) < 4.78 is 0. The number of amides is 5. The Kier molecular flexibility index (Phi) is 13.9. The SMILES string of the molecule is C[C@H](NC(=O)[C@H](CC(=O)NC(c1ccccc1)(c1ccccc1)c1ccccc1)NC(=O)CNC(=O)[C@H](Cc1ccccc1)NC(=O)[C@@H]1CCCN1)C(=O)O. The molecule has 5 rings (SSSR count). The Balaban J connectivity index is 1.35. The minimum Gasteiger partial charge on any atom is -0.480 e. The van der Waals surface area contributed by atoms with Crippen LogP contribution in [-0.2, 0) is 40.7 Å². The number of hydrogen-bond acceptors (Lipinski definition) is 7. The van der Waals surface area contributed by atoms with Gasteiger partial charge in [0.05, 0.1) is 19.0 Å². The lowest BCUT2D eigenvalue weighted by Crippen LogP contribution is -2.56. The van der Waals surface area contributed by atoms with E-state index in [0.29, 0.717) is 13.0 Å². The predicted molar refractivity (Wildman–Crippen MR) is 205 cm³/mol. The molecule has 1 aliphatic rings. The van der Waals surface area contributed by atoms with Crippen molar-refractivity contribution in [2.24, 2.45) is 0 Å². The summed E-state index contributed by atoms with van der Waals surface area (Å²) in [5, 5.41) is 25.9. The molecule has 0 aromatic heterocycles. The number of rotatable bonds is 17. The maximum absolute atomic E-state index is 14.2. The van der Waals surface area contributed by atoms with Crippen molar-refractivity contribution in [3.63, 3.8) is 0 Å². The molecular weight excluding hydrogens is 700 g/mol. The zero-order valence-electron chi connectivity index (χ0n) is 30.5. The highest BCUT2D eigenvalue weighted by atomic mass is 16.4. The monoisotopic (exact) mass is 746 g/mol. The third kappa shape index (κ3) is 10.6. The zero-order valence-corrected chi connectivity index (χ0v) is 30.5. The van der Waals surface area contributed by atoms with Gasteiger partial charge in [-0.15, -0.1) is 0 Å². The first-order valence-electron chi connectivity index (χ1n) is 18.2. The van der Waals surface area contributed by atoms with E-state index in [1.165, 1.54) is 6.92 Å². The van der Waals surface area contributed by atoms with Crippen molar-refractivity contribution in [2.75, 3.05) is 13.1 Å². The van der Waals surface area contributed by atoms with Crippen molar-refractivity contribution in [3.05, 3.63) is 144 Å². The Labute approximate surface area is 319 Å². The molecule has 5 amide bonds. The lowest BCUT2D eigenvalue weighted by molar-refractivity contribution is -0.142. The van der Waals surface area contributed by atoms with Gasteiger partial charge in [-0.05, 0) is 48.6 Å². The van der Waals surface area contributed by atoms with E-state index in [0.717, 1.165) is 28.7 Å². The van der Waals surface area contributed by atoms with Crippen LogP contribution in [0.2, 0.25) is 0 Å². The molecule has 13 nitrogen and oxygen atoms in total. The van der Waals surface area contributed by atoms with Crippen molar-refractivity contribution in [1.29, 1.82) is 0 Å². The second-order valence-electron chi connectivity index (χ2n) is 13.4. The van der Waals surface area contributed by atoms with Crippen LogP contribution in [0, 0.1) is 0 Å². The van der Waals surface area contributed by atoms with E-state index < -0.39 is 72.3 Å².